The minimum Gasteiger partial charge on any atom is -0.319 e. The fourth-order valence-electron chi connectivity index (χ4n) is 3.17. The molecule has 3 nitrogen and oxygen atoms in total. The van der Waals surface area contributed by atoms with Gasteiger partial charge in [-0.15, -0.1) is 0 Å². The van der Waals surface area contributed by atoms with Crippen LogP contribution >= 0.6 is 11.8 Å². The van der Waals surface area contributed by atoms with E-state index in [0.29, 0.717) is 0 Å². The Morgan fingerprint density at radius 2 is 1.95 bits per heavy atom. The van der Waals surface area contributed by atoms with E-state index in [2.05, 4.69) is 23.2 Å². The predicted molar refractivity (Wildman–Crippen MR) is 81.0 cm³/mol. The first-order valence-electron chi connectivity index (χ1n) is 7.06. The summed E-state index contributed by atoms with van der Waals surface area (Å²) in [5, 5.41) is 0. The van der Waals surface area contributed by atoms with Crippen molar-refractivity contribution in [3.63, 3.8) is 0 Å². The standard InChI is InChI=1S/C16H16N2OS/c19-11-18-14(12-6-2-1-3-7-12)10-17-13-8-4-5-9-15(13)20-16(17)18/h1-3,6-7,10-11,16H,4-5,8-9H2. The van der Waals surface area contributed by atoms with Gasteiger partial charge in [0.2, 0.25) is 6.41 Å². The van der Waals surface area contributed by atoms with Gasteiger partial charge in [-0.05, 0) is 31.2 Å². The maximum atomic E-state index is 11.6. The Kier molecular flexibility index (Phi) is 2.84. The Morgan fingerprint density at radius 3 is 2.75 bits per heavy atom. The van der Waals surface area contributed by atoms with E-state index in [1.165, 1.54) is 29.9 Å². The fourth-order valence-corrected chi connectivity index (χ4v) is 4.61. The minimum absolute atomic E-state index is 0.103. The monoisotopic (exact) mass is 284 g/mol. The van der Waals surface area contributed by atoms with Gasteiger partial charge in [-0.2, -0.15) is 0 Å². The van der Waals surface area contributed by atoms with Crippen LogP contribution in [0.2, 0.25) is 0 Å². The third-order valence-electron chi connectivity index (χ3n) is 4.15. The second-order valence-corrected chi connectivity index (χ2v) is 6.47. The van der Waals surface area contributed by atoms with Crippen LogP contribution in [0.4, 0.5) is 0 Å². The van der Waals surface area contributed by atoms with Crippen LogP contribution in [-0.2, 0) is 4.79 Å². The van der Waals surface area contributed by atoms with Crippen LogP contribution in [0.3, 0.4) is 0 Å². The number of allylic oxidation sites excluding steroid dienone is 2. The Balaban J connectivity index is 1.74. The molecule has 2 heterocycles. The number of carbonyl (C=O) groups excluding carboxylic acids is 1. The number of carbonyl (C=O) groups is 1. The van der Waals surface area contributed by atoms with E-state index in [1.54, 1.807) is 0 Å². The van der Waals surface area contributed by atoms with Crippen LogP contribution in [-0.4, -0.2) is 21.7 Å². The summed E-state index contributed by atoms with van der Waals surface area (Å²) in [6, 6.07) is 10.2. The molecule has 0 saturated carbocycles. The molecule has 1 atom stereocenters. The number of fused-ring (bicyclic) bond motifs is 2. The zero-order valence-electron chi connectivity index (χ0n) is 11.2. The fraction of sp³-hybridized carbons (Fsp3) is 0.312. The van der Waals surface area contributed by atoms with Gasteiger partial charge in [0.1, 0.15) is 0 Å². The summed E-state index contributed by atoms with van der Waals surface area (Å²) >= 11 is 1.84. The van der Waals surface area contributed by atoms with Crippen molar-refractivity contribution in [2.45, 2.75) is 31.2 Å². The molecule has 1 aliphatic carbocycles. The van der Waals surface area contributed by atoms with E-state index in [4.69, 9.17) is 0 Å². The molecule has 0 radical (unpaired) electrons. The number of nitrogens with zero attached hydrogens (tertiary/aromatic N) is 2. The third-order valence-corrected chi connectivity index (χ3v) is 5.54. The van der Waals surface area contributed by atoms with Gasteiger partial charge in [0, 0.05) is 16.8 Å². The molecule has 0 spiro atoms. The number of thioether (sulfide) groups is 1. The zero-order chi connectivity index (χ0) is 13.5. The second kappa shape index (κ2) is 4.70. The van der Waals surface area contributed by atoms with Gasteiger partial charge in [0.05, 0.1) is 5.70 Å². The quantitative estimate of drug-likeness (QED) is 0.776. The molecular formula is C16H16N2OS. The van der Waals surface area contributed by atoms with E-state index in [9.17, 15) is 4.79 Å². The first-order chi connectivity index (χ1) is 9.88. The lowest BCUT2D eigenvalue weighted by atomic mass is 10.0. The van der Waals surface area contributed by atoms with Crippen molar-refractivity contribution < 1.29 is 4.79 Å². The van der Waals surface area contributed by atoms with Gasteiger partial charge in [-0.25, -0.2) is 0 Å². The minimum atomic E-state index is 0.103. The molecule has 1 unspecified atom stereocenters. The molecule has 20 heavy (non-hydrogen) atoms. The highest BCUT2D eigenvalue weighted by Gasteiger charge is 2.41. The van der Waals surface area contributed by atoms with Crippen molar-refractivity contribution in [2.75, 3.05) is 0 Å². The van der Waals surface area contributed by atoms with E-state index >= 15 is 0 Å². The predicted octanol–water partition coefficient (Wildman–Crippen LogP) is 3.58. The summed E-state index contributed by atoms with van der Waals surface area (Å²) in [5.74, 6) is 0. The van der Waals surface area contributed by atoms with Crippen molar-refractivity contribution in [1.82, 2.24) is 9.80 Å². The lowest BCUT2D eigenvalue weighted by Crippen LogP contribution is -2.32. The van der Waals surface area contributed by atoms with Crippen molar-refractivity contribution in [1.29, 1.82) is 0 Å². The summed E-state index contributed by atoms with van der Waals surface area (Å²) in [6.45, 7) is 0. The molecule has 1 aromatic rings. The van der Waals surface area contributed by atoms with Crippen molar-refractivity contribution >= 4 is 23.9 Å². The summed E-state index contributed by atoms with van der Waals surface area (Å²) in [4.78, 5) is 17.2. The number of rotatable bonds is 2. The van der Waals surface area contributed by atoms with E-state index in [1.807, 2.05) is 34.9 Å². The van der Waals surface area contributed by atoms with Gasteiger partial charge in [-0.1, -0.05) is 42.1 Å². The highest BCUT2D eigenvalue weighted by Crippen LogP contribution is 2.50. The summed E-state index contributed by atoms with van der Waals surface area (Å²) in [6.07, 6.45) is 7.98. The molecule has 2 aliphatic heterocycles. The maximum Gasteiger partial charge on any atom is 0.216 e. The molecular weight excluding hydrogens is 268 g/mol. The Labute approximate surface area is 122 Å². The highest BCUT2D eigenvalue weighted by atomic mass is 32.2. The Bertz CT molecular complexity index is 608. The Morgan fingerprint density at radius 1 is 1.15 bits per heavy atom. The van der Waals surface area contributed by atoms with Crippen molar-refractivity contribution in [3.8, 4) is 0 Å². The summed E-state index contributed by atoms with van der Waals surface area (Å²) < 4.78 is 0. The van der Waals surface area contributed by atoms with E-state index in [-0.39, 0.29) is 5.50 Å². The number of hydrogen-bond donors (Lipinski definition) is 0. The number of benzene rings is 1. The van der Waals surface area contributed by atoms with Crippen LogP contribution < -0.4 is 0 Å². The molecule has 3 aliphatic rings. The third kappa shape index (κ3) is 1.71. The zero-order valence-corrected chi connectivity index (χ0v) is 12.0. The van der Waals surface area contributed by atoms with Gasteiger partial charge in [0.15, 0.2) is 5.50 Å². The first-order valence-corrected chi connectivity index (χ1v) is 7.94. The second-order valence-electron chi connectivity index (χ2n) is 5.32. The molecule has 1 amide bonds. The van der Waals surface area contributed by atoms with Gasteiger partial charge < -0.3 is 4.90 Å². The number of amides is 1. The van der Waals surface area contributed by atoms with E-state index < -0.39 is 0 Å². The van der Waals surface area contributed by atoms with Crippen LogP contribution in [0.25, 0.3) is 5.70 Å². The lowest BCUT2D eigenvalue weighted by molar-refractivity contribution is -0.116. The van der Waals surface area contributed by atoms with Crippen molar-refractivity contribution in [3.05, 3.63) is 52.7 Å². The van der Waals surface area contributed by atoms with Gasteiger partial charge in [0.25, 0.3) is 0 Å². The average molecular weight is 284 g/mol. The molecule has 0 aromatic heterocycles. The molecule has 0 N–H and O–H groups in total. The van der Waals surface area contributed by atoms with Crippen molar-refractivity contribution in [2.24, 2.45) is 0 Å². The largest absolute Gasteiger partial charge is 0.319 e. The lowest BCUT2D eigenvalue weighted by Gasteiger charge is -2.24. The molecule has 0 bridgehead atoms. The summed E-state index contributed by atoms with van der Waals surface area (Å²) in [7, 11) is 0. The molecule has 102 valence electrons. The normalized spacial score (nSPS) is 24.6. The first kappa shape index (κ1) is 12.1. The van der Waals surface area contributed by atoms with Crippen LogP contribution in [0, 0.1) is 0 Å². The van der Waals surface area contributed by atoms with Crippen LogP contribution in [0.1, 0.15) is 31.2 Å². The molecule has 1 aromatic carbocycles. The number of hydrogen-bond acceptors (Lipinski definition) is 3. The van der Waals surface area contributed by atoms with E-state index in [0.717, 1.165) is 24.1 Å². The maximum absolute atomic E-state index is 11.6. The summed E-state index contributed by atoms with van der Waals surface area (Å²) in [5.41, 5.74) is 3.65. The molecule has 0 fully saturated rings. The molecule has 0 saturated heterocycles. The smallest absolute Gasteiger partial charge is 0.216 e. The Hall–Kier alpha value is -1.68. The van der Waals surface area contributed by atoms with Gasteiger partial charge in [-0.3, -0.25) is 9.69 Å². The molecule has 4 rings (SSSR count). The molecule has 4 heteroatoms. The average Bonchev–Trinajstić information content (AvgIpc) is 3.03. The SMILES string of the molecule is O=CN1C(c2ccccc2)=CN2C3=C(CCCC3)SC12. The van der Waals surface area contributed by atoms with Crippen LogP contribution in [0.15, 0.2) is 47.1 Å². The highest BCUT2D eigenvalue weighted by molar-refractivity contribution is 8.03. The topological polar surface area (TPSA) is 23.6 Å². The van der Waals surface area contributed by atoms with Gasteiger partial charge >= 0.3 is 0 Å². The van der Waals surface area contributed by atoms with Crippen LogP contribution in [0.5, 0.6) is 0 Å².